The molecule has 0 bridgehead atoms. The molecule has 0 aromatic carbocycles. The van der Waals surface area contributed by atoms with E-state index in [9.17, 15) is 4.79 Å². The van der Waals surface area contributed by atoms with Crippen molar-refractivity contribution in [2.45, 2.75) is 45.6 Å². The average molecular weight is 210 g/mol. The fourth-order valence-corrected chi connectivity index (χ4v) is 1.66. The Bertz CT molecular complexity index is 240. The molecule has 86 valence electrons. The van der Waals surface area contributed by atoms with E-state index >= 15 is 0 Å². The van der Waals surface area contributed by atoms with Crippen LogP contribution in [0.3, 0.4) is 0 Å². The lowest BCUT2D eigenvalue weighted by Crippen LogP contribution is -2.47. The molecule has 1 rings (SSSR count). The van der Waals surface area contributed by atoms with E-state index in [1.807, 2.05) is 20.8 Å². The molecule has 0 spiro atoms. The van der Waals surface area contributed by atoms with Gasteiger partial charge in [-0.15, -0.1) is 0 Å². The van der Waals surface area contributed by atoms with Gasteiger partial charge in [0.2, 0.25) is 0 Å². The largest absolute Gasteiger partial charge is 0.338 e. The van der Waals surface area contributed by atoms with Crippen molar-refractivity contribution in [3.05, 3.63) is 12.2 Å². The van der Waals surface area contributed by atoms with Crippen molar-refractivity contribution in [1.29, 1.82) is 0 Å². The van der Waals surface area contributed by atoms with E-state index in [2.05, 4.69) is 22.8 Å². The lowest BCUT2D eigenvalue weighted by Gasteiger charge is -2.23. The van der Waals surface area contributed by atoms with E-state index in [1.54, 1.807) is 0 Å². The van der Waals surface area contributed by atoms with Crippen LogP contribution >= 0.6 is 0 Å². The summed E-state index contributed by atoms with van der Waals surface area (Å²) in [4.78, 5) is 11.5. The van der Waals surface area contributed by atoms with Crippen molar-refractivity contribution in [3.8, 4) is 0 Å². The fraction of sp³-hybridized carbons (Fsp3) is 0.750. The minimum Gasteiger partial charge on any atom is -0.338 e. The number of amides is 2. The van der Waals surface area contributed by atoms with Crippen LogP contribution in [0.15, 0.2) is 12.2 Å². The van der Waals surface area contributed by atoms with Gasteiger partial charge in [0.15, 0.2) is 0 Å². The second-order valence-electron chi connectivity index (χ2n) is 5.24. The molecule has 15 heavy (non-hydrogen) atoms. The Morgan fingerprint density at radius 3 is 2.67 bits per heavy atom. The first-order valence-corrected chi connectivity index (χ1v) is 5.68. The van der Waals surface area contributed by atoms with Gasteiger partial charge in [0.25, 0.3) is 0 Å². The maximum absolute atomic E-state index is 11.5. The molecular weight excluding hydrogens is 188 g/mol. The molecule has 1 atom stereocenters. The number of carbonyl (C=O) groups is 1. The summed E-state index contributed by atoms with van der Waals surface area (Å²) in [6.45, 7) is 6.73. The van der Waals surface area contributed by atoms with E-state index in [4.69, 9.17) is 0 Å². The number of carbonyl (C=O) groups excluding carboxylic acids is 1. The van der Waals surface area contributed by atoms with Crippen LogP contribution in [-0.4, -0.2) is 18.1 Å². The van der Waals surface area contributed by atoms with Gasteiger partial charge in [-0.1, -0.05) is 12.2 Å². The third-order valence-electron chi connectivity index (χ3n) is 2.42. The van der Waals surface area contributed by atoms with Crippen molar-refractivity contribution in [2.24, 2.45) is 5.92 Å². The summed E-state index contributed by atoms with van der Waals surface area (Å²) in [6, 6.07) is -0.0583. The minimum absolute atomic E-state index is 0.0583. The summed E-state index contributed by atoms with van der Waals surface area (Å²) < 4.78 is 0. The van der Waals surface area contributed by atoms with Gasteiger partial charge in [0, 0.05) is 12.1 Å². The van der Waals surface area contributed by atoms with Gasteiger partial charge in [-0.25, -0.2) is 4.79 Å². The molecule has 1 aliphatic carbocycles. The predicted molar refractivity (Wildman–Crippen MR) is 62.8 cm³/mol. The quantitative estimate of drug-likeness (QED) is 0.675. The van der Waals surface area contributed by atoms with Gasteiger partial charge in [0.1, 0.15) is 0 Å². The van der Waals surface area contributed by atoms with Gasteiger partial charge < -0.3 is 10.6 Å². The van der Waals surface area contributed by atoms with Crippen LogP contribution in [0.4, 0.5) is 4.79 Å². The molecule has 3 heteroatoms. The number of hydrogen-bond donors (Lipinski definition) is 2. The maximum Gasteiger partial charge on any atom is 0.315 e. The molecule has 0 aromatic heterocycles. The molecule has 0 aliphatic heterocycles. The van der Waals surface area contributed by atoms with Gasteiger partial charge in [-0.3, -0.25) is 0 Å². The number of nitrogens with one attached hydrogen (secondary N) is 2. The molecule has 0 saturated heterocycles. The van der Waals surface area contributed by atoms with Gasteiger partial charge in [-0.05, 0) is 46.0 Å². The third-order valence-corrected chi connectivity index (χ3v) is 2.42. The van der Waals surface area contributed by atoms with E-state index in [0.717, 1.165) is 19.4 Å². The van der Waals surface area contributed by atoms with E-state index in [1.165, 1.54) is 6.42 Å². The van der Waals surface area contributed by atoms with Gasteiger partial charge in [0.05, 0.1) is 0 Å². The highest BCUT2D eigenvalue weighted by Gasteiger charge is 2.15. The first-order valence-electron chi connectivity index (χ1n) is 5.68. The topological polar surface area (TPSA) is 41.1 Å². The zero-order chi connectivity index (χ0) is 11.3. The molecule has 1 unspecified atom stereocenters. The van der Waals surface area contributed by atoms with Crippen molar-refractivity contribution >= 4 is 6.03 Å². The first kappa shape index (κ1) is 12.1. The molecule has 2 N–H and O–H groups in total. The van der Waals surface area contributed by atoms with Crippen LogP contribution < -0.4 is 10.6 Å². The second-order valence-corrected chi connectivity index (χ2v) is 5.24. The normalized spacial score (nSPS) is 21.1. The Hall–Kier alpha value is -0.990. The smallest absolute Gasteiger partial charge is 0.315 e. The Balaban J connectivity index is 2.19. The SMILES string of the molecule is CC(C)(C)NC(=O)NCC1CC=CCC1. The summed E-state index contributed by atoms with van der Waals surface area (Å²) >= 11 is 0. The number of rotatable bonds is 2. The van der Waals surface area contributed by atoms with Crippen molar-refractivity contribution in [2.75, 3.05) is 6.54 Å². The summed E-state index contributed by atoms with van der Waals surface area (Å²) in [5, 5.41) is 5.82. The molecular formula is C12H22N2O. The Morgan fingerprint density at radius 2 is 2.13 bits per heavy atom. The van der Waals surface area contributed by atoms with Crippen LogP contribution in [0.5, 0.6) is 0 Å². The van der Waals surface area contributed by atoms with Crippen molar-refractivity contribution in [1.82, 2.24) is 10.6 Å². The third kappa shape index (κ3) is 5.45. The van der Waals surface area contributed by atoms with E-state index < -0.39 is 0 Å². The highest BCUT2D eigenvalue weighted by atomic mass is 16.2. The Kier molecular flexibility index (Phi) is 4.18. The van der Waals surface area contributed by atoms with Crippen molar-refractivity contribution in [3.63, 3.8) is 0 Å². The summed E-state index contributed by atoms with van der Waals surface area (Å²) in [7, 11) is 0. The van der Waals surface area contributed by atoms with Crippen LogP contribution in [0.25, 0.3) is 0 Å². The molecule has 3 nitrogen and oxygen atoms in total. The molecule has 0 heterocycles. The fourth-order valence-electron chi connectivity index (χ4n) is 1.66. The Morgan fingerprint density at radius 1 is 1.40 bits per heavy atom. The second kappa shape index (κ2) is 5.19. The number of urea groups is 1. The van der Waals surface area contributed by atoms with Crippen LogP contribution in [-0.2, 0) is 0 Å². The summed E-state index contributed by atoms with van der Waals surface area (Å²) in [6.07, 6.45) is 7.85. The van der Waals surface area contributed by atoms with Gasteiger partial charge in [-0.2, -0.15) is 0 Å². The van der Waals surface area contributed by atoms with E-state index in [0.29, 0.717) is 5.92 Å². The first-order chi connectivity index (χ1) is 6.97. The molecule has 2 amide bonds. The van der Waals surface area contributed by atoms with Crippen LogP contribution in [0.2, 0.25) is 0 Å². The highest BCUT2D eigenvalue weighted by Crippen LogP contribution is 2.16. The van der Waals surface area contributed by atoms with E-state index in [-0.39, 0.29) is 11.6 Å². The molecule has 1 aliphatic rings. The maximum atomic E-state index is 11.5. The Labute approximate surface area is 92.3 Å². The lowest BCUT2D eigenvalue weighted by atomic mass is 9.94. The highest BCUT2D eigenvalue weighted by molar-refractivity contribution is 5.74. The number of allylic oxidation sites excluding steroid dienone is 2. The number of hydrogen-bond acceptors (Lipinski definition) is 1. The minimum atomic E-state index is -0.156. The standard InChI is InChI=1S/C12H22N2O/c1-12(2,3)14-11(15)13-9-10-7-5-4-6-8-10/h4-5,10H,6-9H2,1-3H3,(H2,13,14,15). The summed E-state index contributed by atoms with van der Waals surface area (Å²) in [5.74, 6) is 0.612. The monoisotopic (exact) mass is 210 g/mol. The molecule has 0 aromatic rings. The molecule has 0 fully saturated rings. The summed E-state index contributed by atoms with van der Waals surface area (Å²) in [5.41, 5.74) is -0.156. The lowest BCUT2D eigenvalue weighted by molar-refractivity contribution is 0.229. The van der Waals surface area contributed by atoms with Crippen molar-refractivity contribution < 1.29 is 4.79 Å². The molecule has 0 saturated carbocycles. The van der Waals surface area contributed by atoms with Gasteiger partial charge >= 0.3 is 6.03 Å². The zero-order valence-electron chi connectivity index (χ0n) is 9.97. The predicted octanol–water partition coefficient (Wildman–Crippen LogP) is 2.44. The zero-order valence-corrected chi connectivity index (χ0v) is 9.97. The average Bonchev–Trinajstić information content (AvgIpc) is 2.14. The van der Waals surface area contributed by atoms with Crippen LogP contribution in [0, 0.1) is 5.92 Å². The van der Waals surface area contributed by atoms with Crippen LogP contribution in [0.1, 0.15) is 40.0 Å². The molecule has 0 radical (unpaired) electrons.